The van der Waals surface area contributed by atoms with E-state index in [0.717, 1.165) is 5.69 Å². The quantitative estimate of drug-likeness (QED) is 0.302. The first-order valence-corrected chi connectivity index (χ1v) is 5.74. The number of rotatable bonds is 2. The summed E-state index contributed by atoms with van der Waals surface area (Å²) in [4.78, 5) is 13.4. The van der Waals surface area contributed by atoms with Crippen molar-refractivity contribution in [1.29, 1.82) is 0 Å². The van der Waals surface area contributed by atoms with Gasteiger partial charge in [-0.25, -0.2) is 5.84 Å². The molecule has 0 atom stereocenters. The van der Waals surface area contributed by atoms with Gasteiger partial charge >= 0.3 is 0 Å². The molecule has 0 saturated heterocycles. The van der Waals surface area contributed by atoms with Gasteiger partial charge < -0.3 is 15.4 Å². The van der Waals surface area contributed by atoms with Crippen LogP contribution in [0.3, 0.4) is 0 Å². The van der Waals surface area contributed by atoms with E-state index in [4.69, 9.17) is 16.3 Å². The summed E-state index contributed by atoms with van der Waals surface area (Å²) < 4.78 is 5.86. The van der Waals surface area contributed by atoms with E-state index in [1.54, 1.807) is 12.1 Å². The molecular formula is C12H18N4O2. The minimum atomic E-state index is -0.379. The van der Waals surface area contributed by atoms with Gasteiger partial charge in [0.25, 0.3) is 5.91 Å². The number of hydrazine groups is 1. The molecule has 6 heteroatoms. The van der Waals surface area contributed by atoms with Crippen LogP contribution in [0.4, 0.5) is 11.4 Å². The van der Waals surface area contributed by atoms with E-state index in [1.807, 2.05) is 24.8 Å². The van der Waals surface area contributed by atoms with E-state index in [-0.39, 0.29) is 18.1 Å². The molecule has 1 amide bonds. The average Bonchev–Trinajstić information content (AvgIpc) is 2.26. The Morgan fingerprint density at radius 2 is 2.28 bits per heavy atom. The molecule has 0 aromatic heterocycles. The van der Waals surface area contributed by atoms with Gasteiger partial charge in [-0.05, 0) is 26.0 Å². The second-order valence-corrected chi connectivity index (χ2v) is 5.01. The summed E-state index contributed by atoms with van der Waals surface area (Å²) >= 11 is 0. The summed E-state index contributed by atoms with van der Waals surface area (Å²) in [5.41, 5.74) is 8.99. The number of nitrogen functional groups attached to an aromatic ring is 1. The van der Waals surface area contributed by atoms with Crippen LogP contribution in [0.15, 0.2) is 18.2 Å². The lowest BCUT2D eigenvalue weighted by molar-refractivity contribution is -0.119. The molecule has 1 aliphatic heterocycles. The highest BCUT2D eigenvalue weighted by Gasteiger charge is 2.32. The SMILES string of the molecule is CC1(C)CN(CC(=O)NN)c2ccc(N)cc2O1. The number of carbonyl (C=O) groups excluding carboxylic acids is 1. The van der Waals surface area contributed by atoms with Gasteiger partial charge in [0.1, 0.15) is 11.4 Å². The second kappa shape index (κ2) is 4.38. The summed E-state index contributed by atoms with van der Waals surface area (Å²) in [6.07, 6.45) is 0. The molecule has 0 saturated carbocycles. The topological polar surface area (TPSA) is 93.6 Å². The van der Waals surface area contributed by atoms with Crippen LogP contribution in [-0.2, 0) is 4.79 Å². The maximum atomic E-state index is 11.4. The molecule has 1 aromatic carbocycles. The van der Waals surface area contributed by atoms with Crippen LogP contribution in [0.2, 0.25) is 0 Å². The summed E-state index contributed by atoms with van der Waals surface area (Å²) in [5.74, 6) is 5.57. The number of fused-ring (bicyclic) bond motifs is 1. The van der Waals surface area contributed by atoms with Gasteiger partial charge in [0.2, 0.25) is 0 Å². The Morgan fingerprint density at radius 1 is 1.56 bits per heavy atom. The Morgan fingerprint density at radius 3 is 2.94 bits per heavy atom. The summed E-state index contributed by atoms with van der Waals surface area (Å²) in [5, 5.41) is 0. The first kappa shape index (κ1) is 12.5. The zero-order chi connectivity index (χ0) is 13.3. The van der Waals surface area contributed by atoms with E-state index in [0.29, 0.717) is 18.0 Å². The van der Waals surface area contributed by atoms with Crippen LogP contribution in [0.25, 0.3) is 0 Å². The third-order valence-corrected chi connectivity index (χ3v) is 2.78. The van der Waals surface area contributed by atoms with E-state index in [9.17, 15) is 4.79 Å². The molecule has 0 unspecified atom stereocenters. The van der Waals surface area contributed by atoms with Gasteiger partial charge in [0.15, 0.2) is 0 Å². The van der Waals surface area contributed by atoms with E-state index >= 15 is 0 Å². The maximum absolute atomic E-state index is 11.4. The number of benzene rings is 1. The van der Waals surface area contributed by atoms with Gasteiger partial charge in [-0.3, -0.25) is 10.2 Å². The van der Waals surface area contributed by atoms with Crippen molar-refractivity contribution in [2.45, 2.75) is 19.4 Å². The number of nitrogens with two attached hydrogens (primary N) is 2. The van der Waals surface area contributed by atoms with Gasteiger partial charge in [0.05, 0.1) is 18.8 Å². The number of hydrogen-bond donors (Lipinski definition) is 3. The van der Waals surface area contributed by atoms with E-state index in [1.165, 1.54) is 0 Å². The minimum absolute atomic E-state index is 0.195. The lowest BCUT2D eigenvalue weighted by Gasteiger charge is -2.40. The summed E-state index contributed by atoms with van der Waals surface area (Å²) in [6, 6.07) is 5.40. The van der Waals surface area contributed by atoms with Crippen molar-refractivity contribution in [2.75, 3.05) is 23.7 Å². The fourth-order valence-electron chi connectivity index (χ4n) is 2.11. The molecule has 1 aliphatic rings. The Kier molecular flexibility index (Phi) is 3.04. The average molecular weight is 250 g/mol. The zero-order valence-electron chi connectivity index (χ0n) is 10.6. The molecule has 98 valence electrons. The molecule has 5 N–H and O–H groups in total. The van der Waals surface area contributed by atoms with Crippen LogP contribution in [0.1, 0.15) is 13.8 Å². The van der Waals surface area contributed by atoms with Crippen LogP contribution < -0.4 is 26.6 Å². The summed E-state index contributed by atoms with van der Waals surface area (Å²) in [7, 11) is 0. The van der Waals surface area contributed by atoms with Crippen molar-refractivity contribution >= 4 is 17.3 Å². The Hall–Kier alpha value is -1.95. The smallest absolute Gasteiger partial charge is 0.253 e. The predicted octanol–water partition coefficient (Wildman–Crippen LogP) is 0.236. The standard InChI is InChI=1S/C12H18N4O2/c1-12(2)7-16(6-11(17)15-14)9-4-3-8(13)5-10(9)18-12/h3-5H,6-7,13-14H2,1-2H3,(H,15,17). The van der Waals surface area contributed by atoms with Crippen molar-refractivity contribution in [3.63, 3.8) is 0 Å². The maximum Gasteiger partial charge on any atom is 0.253 e. The Labute approximate surface area is 106 Å². The Balaban J connectivity index is 2.34. The molecule has 1 heterocycles. The normalized spacial score (nSPS) is 16.7. The van der Waals surface area contributed by atoms with Gasteiger partial charge in [-0.1, -0.05) is 0 Å². The first-order valence-electron chi connectivity index (χ1n) is 5.74. The highest BCUT2D eigenvalue weighted by Crippen LogP contribution is 2.37. The number of anilines is 2. The third kappa shape index (κ3) is 2.48. The number of nitrogens with one attached hydrogen (secondary N) is 1. The molecule has 0 fully saturated rings. The molecule has 6 nitrogen and oxygen atoms in total. The molecule has 18 heavy (non-hydrogen) atoms. The molecule has 1 aromatic rings. The first-order chi connectivity index (χ1) is 8.41. The van der Waals surface area contributed by atoms with Crippen molar-refractivity contribution < 1.29 is 9.53 Å². The van der Waals surface area contributed by atoms with Gasteiger partial charge in [-0.2, -0.15) is 0 Å². The third-order valence-electron chi connectivity index (χ3n) is 2.78. The monoisotopic (exact) mass is 250 g/mol. The van der Waals surface area contributed by atoms with Crippen LogP contribution >= 0.6 is 0 Å². The van der Waals surface area contributed by atoms with Crippen molar-refractivity contribution in [1.82, 2.24) is 5.43 Å². The van der Waals surface area contributed by atoms with E-state index < -0.39 is 0 Å². The number of nitrogens with zero attached hydrogens (tertiary/aromatic N) is 1. The number of amides is 1. The van der Waals surface area contributed by atoms with Crippen molar-refractivity contribution in [2.24, 2.45) is 5.84 Å². The molecule has 0 radical (unpaired) electrons. The lowest BCUT2D eigenvalue weighted by Crippen LogP contribution is -2.50. The molecule has 2 rings (SSSR count). The molecule has 0 aliphatic carbocycles. The zero-order valence-corrected chi connectivity index (χ0v) is 10.6. The largest absolute Gasteiger partial charge is 0.484 e. The van der Waals surface area contributed by atoms with E-state index in [2.05, 4.69) is 5.43 Å². The van der Waals surface area contributed by atoms with Crippen molar-refractivity contribution in [3.8, 4) is 5.75 Å². The fourth-order valence-corrected chi connectivity index (χ4v) is 2.11. The van der Waals surface area contributed by atoms with Gasteiger partial charge in [-0.15, -0.1) is 0 Å². The van der Waals surface area contributed by atoms with Gasteiger partial charge in [0, 0.05) is 11.8 Å². The lowest BCUT2D eigenvalue weighted by atomic mass is 10.0. The summed E-state index contributed by atoms with van der Waals surface area (Å²) in [6.45, 7) is 4.73. The molecule has 0 bridgehead atoms. The minimum Gasteiger partial charge on any atom is -0.484 e. The van der Waals surface area contributed by atoms with Crippen molar-refractivity contribution in [3.05, 3.63) is 18.2 Å². The molecular weight excluding hydrogens is 232 g/mol. The van der Waals surface area contributed by atoms with Crippen LogP contribution in [-0.4, -0.2) is 24.6 Å². The second-order valence-electron chi connectivity index (χ2n) is 5.01. The predicted molar refractivity (Wildman–Crippen MR) is 70.1 cm³/mol. The Bertz CT molecular complexity index is 473. The fraction of sp³-hybridized carbons (Fsp3) is 0.417. The highest BCUT2D eigenvalue weighted by molar-refractivity contribution is 5.82. The highest BCUT2D eigenvalue weighted by atomic mass is 16.5. The van der Waals surface area contributed by atoms with Crippen LogP contribution in [0.5, 0.6) is 5.75 Å². The molecule has 0 spiro atoms. The number of hydrogen-bond acceptors (Lipinski definition) is 5. The van der Waals surface area contributed by atoms with Crippen LogP contribution in [0, 0.1) is 0 Å². The number of ether oxygens (including phenoxy) is 1. The number of carbonyl (C=O) groups is 1.